The Morgan fingerprint density at radius 1 is 0.724 bits per heavy atom. The van der Waals surface area contributed by atoms with Crippen LogP contribution in [0.4, 0.5) is 0 Å². The molecule has 2 aromatic heterocycles. The molecule has 29 heavy (non-hydrogen) atoms. The van der Waals surface area contributed by atoms with Crippen LogP contribution in [-0.2, 0) is 0 Å². The second-order valence-electron chi connectivity index (χ2n) is 6.72. The van der Waals surface area contributed by atoms with Crippen LogP contribution in [0.2, 0.25) is 0 Å². The number of para-hydroxylation sites is 2. The monoisotopic (exact) mass is 370 g/mol. The molecule has 0 saturated heterocycles. The molecule has 0 atom stereocenters. The Bertz CT molecular complexity index is 1480. The molecule has 0 amide bonds. The molecule has 5 rings (SSSR count). The summed E-state index contributed by atoms with van der Waals surface area (Å²) in [4.78, 5) is 4.50. The van der Waals surface area contributed by atoms with Crippen molar-refractivity contribution in [3.05, 3.63) is 96.2 Å². The van der Waals surface area contributed by atoms with E-state index in [9.17, 15) is 10.5 Å². The van der Waals surface area contributed by atoms with Crippen molar-refractivity contribution in [1.29, 1.82) is 10.5 Å². The third-order valence-electron chi connectivity index (χ3n) is 5.13. The van der Waals surface area contributed by atoms with Gasteiger partial charge in [0, 0.05) is 22.5 Å². The summed E-state index contributed by atoms with van der Waals surface area (Å²) in [5.74, 6) is 0. The number of hydrogen-bond acceptors (Lipinski definition) is 3. The number of rotatable bonds is 2. The standard InChI is InChI=1S/C25H14N4/c26-15-17-11-12-24-21(14-17)19-7-1-3-9-22(19)29(24)23-10-4-2-8-20(23)25-18(16-27)6-5-13-28-25/h1-14H. The molecule has 0 aliphatic carbocycles. The van der Waals surface area contributed by atoms with Crippen molar-refractivity contribution in [2.45, 2.75) is 0 Å². The number of hydrogen-bond donors (Lipinski definition) is 0. The number of nitrogens with zero attached hydrogens (tertiary/aromatic N) is 4. The third-order valence-corrected chi connectivity index (χ3v) is 5.13. The van der Waals surface area contributed by atoms with Crippen LogP contribution in [0.15, 0.2) is 85.1 Å². The van der Waals surface area contributed by atoms with E-state index in [0.717, 1.165) is 33.1 Å². The van der Waals surface area contributed by atoms with E-state index in [1.807, 2.05) is 54.6 Å². The first kappa shape index (κ1) is 16.7. The molecule has 2 heterocycles. The summed E-state index contributed by atoms with van der Waals surface area (Å²) in [5, 5.41) is 21.0. The fraction of sp³-hybridized carbons (Fsp3) is 0. The van der Waals surface area contributed by atoms with E-state index >= 15 is 0 Å². The van der Waals surface area contributed by atoms with Crippen molar-refractivity contribution < 1.29 is 0 Å². The maximum atomic E-state index is 9.57. The zero-order valence-electron chi connectivity index (χ0n) is 15.4. The van der Waals surface area contributed by atoms with Crippen LogP contribution in [0.1, 0.15) is 11.1 Å². The maximum Gasteiger partial charge on any atom is 0.101 e. The zero-order valence-corrected chi connectivity index (χ0v) is 15.4. The van der Waals surface area contributed by atoms with E-state index in [0.29, 0.717) is 16.8 Å². The molecule has 0 radical (unpaired) electrons. The number of benzene rings is 3. The quantitative estimate of drug-likeness (QED) is 0.407. The van der Waals surface area contributed by atoms with E-state index in [1.54, 1.807) is 18.3 Å². The second kappa shape index (κ2) is 6.64. The maximum absolute atomic E-state index is 9.57. The molecular weight excluding hydrogens is 356 g/mol. The van der Waals surface area contributed by atoms with Crippen molar-refractivity contribution in [1.82, 2.24) is 9.55 Å². The predicted molar refractivity (Wildman–Crippen MR) is 113 cm³/mol. The number of pyridine rings is 1. The fourth-order valence-electron chi connectivity index (χ4n) is 3.88. The van der Waals surface area contributed by atoms with E-state index in [-0.39, 0.29) is 0 Å². The van der Waals surface area contributed by atoms with Gasteiger partial charge in [-0.15, -0.1) is 0 Å². The van der Waals surface area contributed by atoms with Crippen molar-refractivity contribution in [3.8, 4) is 29.1 Å². The van der Waals surface area contributed by atoms with Gasteiger partial charge >= 0.3 is 0 Å². The average molecular weight is 370 g/mol. The number of fused-ring (bicyclic) bond motifs is 3. The number of nitriles is 2. The first-order valence-corrected chi connectivity index (χ1v) is 9.20. The van der Waals surface area contributed by atoms with Gasteiger partial charge in [0.1, 0.15) is 6.07 Å². The molecule has 0 N–H and O–H groups in total. The van der Waals surface area contributed by atoms with Gasteiger partial charge in [-0.1, -0.05) is 36.4 Å². The molecule has 0 aliphatic rings. The molecule has 4 heteroatoms. The van der Waals surface area contributed by atoms with Crippen LogP contribution < -0.4 is 0 Å². The average Bonchev–Trinajstić information content (AvgIpc) is 3.12. The van der Waals surface area contributed by atoms with Gasteiger partial charge < -0.3 is 4.57 Å². The lowest BCUT2D eigenvalue weighted by Crippen LogP contribution is -1.99. The summed E-state index contributed by atoms with van der Waals surface area (Å²) < 4.78 is 2.18. The molecule has 3 aromatic carbocycles. The fourth-order valence-corrected chi connectivity index (χ4v) is 3.88. The van der Waals surface area contributed by atoms with Gasteiger partial charge in [-0.25, -0.2) is 0 Å². The lowest BCUT2D eigenvalue weighted by atomic mass is 10.0. The van der Waals surface area contributed by atoms with Crippen molar-refractivity contribution in [2.75, 3.05) is 0 Å². The highest BCUT2D eigenvalue weighted by atomic mass is 15.0. The first-order valence-electron chi connectivity index (χ1n) is 9.20. The highest BCUT2D eigenvalue weighted by Crippen LogP contribution is 2.36. The lowest BCUT2D eigenvalue weighted by Gasteiger charge is -2.14. The summed E-state index contributed by atoms with van der Waals surface area (Å²) in [6.07, 6.45) is 1.71. The van der Waals surface area contributed by atoms with Crippen LogP contribution in [-0.4, -0.2) is 9.55 Å². The second-order valence-corrected chi connectivity index (χ2v) is 6.72. The summed E-state index contributed by atoms with van der Waals surface area (Å²) >= 11 is 0. The molecule has 0 saturated carbocycles. The van der Waals surface area contributed by atoms with Crippen LogP contribution in [0.25, 0.3) is 38.8 Å². The minimum atomic E-state index is 0.535. The summed E-state index contributed by atoms with van der Waals surface area (Å²) in [6.45, 7) is 0. The molecule has 0 spiro atoms. The molecule has 0 fully saturated rings. The molecular formula is C25H14N4. The van der Waals surface area contributed by atoms with Gasteiger partial charge in [0.15, 0.2) is 0 Å². The predicted octanol–water partition coefficient (Wildman–Crippen LogP) is 5.59. The summed E-state index contributed by atoms with van der Waals surface area (Å²) in [6, 6.07) is 29.9. The van der Waals surface area contributed by atoms with Gasteiger partial charge in [0.2, 0.25) is 0 Å². The van der Waals surface area contributed by atoms with Gasteiger partial charge in [-0.3, -0.25) is 4.98 Å². The first-order chi connectivity index (χ1) is 14.3. The Morgan fingerprint density at radius 2 is 1.52 bits per heavy atom. The van der Waals surface area contributed by atoms with E-state index in [4.69, 9.17) is 0 Å². The molecule has 0 unspecified atom stereocenters. The van der Waals surface area contributed by atoms with E-state index in [1.165, 1.54) is 0 Å². The van der Waals surface area contributed by atoms with Crippen molar-refractivity contribution in [3.63, 3.8) is 0 Å². The van der Waals surface area contributed by atoms with Crippen molar-refractivity contribution in [2.24, 2.45) is 0 Å². The zero-order chi connectivity index (χ0) is 19.8. The Labute approximate surface area is 167 Å². The van der Waals surface area contributed by atoms with Crippen LogP contribution in [0.3, 0.4) is 0 Å². The Kier molecular flexibility index (Phi) is 3.83. The molecule has 5 aromatic rings. The number of aromatic nitrogens is 2. The van der Waals surface area contributed by atoms with Crippen LogP contribution >= 0.6 is 0 Å². The largest absolute Gasteiger partial charge is 0.309 e. The highest BCUT2D eigenvalue weighted by molar-refractivity contribution is 6.10. The normalized spacial score (nSPS) is 10.7. The minimum Gasteiger partial charge on any atom is -0.309 e. The van der Waals surface area contributed by atoms with Gasteiger partial charge in [0.05, 0.1) is 39.6 Å². The van der Waals surface area contributed by atoms with E-state index < -0.39 is 0 Å². The van der Waals surface area contributed by atoms with Gasteiger partial charge in [0.25, 0.3) is 0 Å². The molecule has 0 aliphatic heterocycles. The third kappa shape index (κ3) is 2.56. The van der Waals surface area contributed by atoms with Crippen molar-refractivity contribution >= 4 is 21.8 Å². The van der Waals surface area contributed by atoms with Crippen LogP contribution in [0, 0.1) is 22.7 Å². The Morgan fingerprint density at radius 3 is 2.38 bits per heavy atom. The van der Waals surface area contributed by atoms with Crippen LogP contribution in [0.5, 0.6) is 0 Å². The molecule has 134 valence electrons. The Hall–Kier alpha value is -4.41. The Balaban J connectivity index is 1.91. The lowest BCUT2D eigenvalue weighted by molar-refractivity contribution is 1.17. The van der Waals surface area contributed by atoms with Gasteiger partial charge in [-0.05, 0) is 42.5 Å². The highest BCUT2D eigenvalue weighted by Gasteiger charge is 2.17. The summed E-state index contributed by atoms with van der Waals surface area (Å²) in [5.41, 5.74) is 5.70. The topological polar surface area (TPSA) is 65.4 Å². The molecule has 4 nitrogen and oxygen atoms in total. The van der Waals surface area contributed by atoms with Gasteiger partial charge in [-0.2, -0.15) is 10.5 Å². The molecule has 0 bridgehead atoms. The van der Waals surface area contributed by atoms with E-state index in [2.05, 4.69) is 33.8 Å². The smallest absolute Gasteiger partial charge is 0.101 e. The summed E-state index contributed by atoms with van der Waals surface area (Å²) in [7, 11) is 0. The SMILES string of the molecule is N#Cc1ccc2c(c1)c1ccccc1n2-c1ccccc1-c1ncccc1C#N. The minimum absolute atomic E-state index is 0.535.